The van der Waals surface area contributed by atoms with Crippen molar-refractivity contribution in [3.05, 3.63) is 42.1 Å². The highest BCUT2D eigenvalue weighted by Gasteiger charge is 2.13. The van der Waals surface area contributed by atoms with Crippen molar-refractivity contribution >= 4 is 17.4 Å². The zero-order valence-corrected chi connectivity index (χ0v) is 16.0. The van der Waals surface area contributed by atoms with Crippen LogP contribution in [0.25, 0.3) is 0 Å². The number of anilines is 2. The number of aromatic nitrogens is 1. The van der Waals surface area contributed by atoms with E-state index in [0.717, 1.165) is 5.69 Å². The second-order valence-electron chi connectivity index (χ2n) is 6.79. The Kier molecular flexibility index (Phi) is 6.52. The fourth-order valence-electron chi connectivity index (χ4n) is 3.38. The molecule has 0 unspecified atom stereocenters. The van der Waals surface area contributed by atoms with Gasteiger partial charge in [0, 0.05) is 11.6 Å². The van der Waals surface area contributed by atoms with E-state index in [9.17, 15) is 4.79 Å². The lowest BCUT2D eigenvalue weighted by Crippen LogP contribution is -2.18. The van der Waals surface area contributed by atoms with Gasteiger partial charge in [-0.1, -0.05) is 25.7 Å². The van der Waals surface area contributed by atoms with Gasteiger partial charge in [-0.3, -0.25) is 4.79 Å². The standard InChI is InChI=1S/C21H27N3O3/c1-26-18-11-9-15(13-19(18)27-2)21(25)24-20-12-10-17(14-22-20)23-16-7-5-3-4-6-8-16/h9-14,16,23H,3-8H2,1-2H3,(H,22,24,25). The molecule has 6 nitrogen and oxygen atoms in total. The normalized spacial score (nSPS) is 14.9. The second-order valence-corrected chi connectivity index (χ2v) is 6.79. The number of carbonyl (C=O) groups excluding carboxylic acids is 1. The minimum Gasteiger partial charge on any atom is -0.493 e. The monoisotopic (exact) mass is 369 g/mol. The van der Waals surface area contributed by atoms with Crippen LogP contribution in [0.2, 0.25) is 0 Å². The van der Waals surface area contributed by atoms with Gasteiger partial charge in [-0.2, -0.15) is 0 Å². The lowest BCUT2D eigenvalue weighted by molar-refractivity contribution is 0.102. The molecule has 1 heterocycles. The predicted octanol–water partition coefficient (Wildman–Crippen LogP) is 4.49. The molecule has 6 heteroatoms. The maximum atomic E-state index is 12.5. The number of benzene rings is 1. The zero-order valence-electron chi connectivity index (χ0n) is 16.0. The van der Waals surface area contributed by atoms with E-state index in [1.54, 1.807) is 38.6 Å². The van der Waals surface area contributed by atoms with E-state index < -0.39 is 0 Å². The number of nitrogens with one attached hydrogen (secondary N) is 2. The minimum atomic E-state index is -0.243. The first-order valence-corrected chi connectivity index (χ1v) is 9.45. The summed E-state index contributed by atoms with van der Waals surface area (Å²) in [6.45, 7) is 0. The summed E-state index contributed by atoms with van der Waals surface area (Å²) in [5, 5.41) is 6.37. The summed E-state index contributed by atoms with van der Waals surface area (Å²) in [6.07, 6.45) is 9.41. The molecule has 0 radical (unpaired) electrons. The Morgan fingerprint density at radius 3 is 2.37 bits per heavy atom. The largest absolute Gasteiger partial charge is 0.493 e. The summed E-state index contributed by atoms with van der Waals surface area (Å²) in [5.74, 6) is 1.37. The van der Waals surface area contributed by atoms with Crippen molar-refractivity contribution in [1.29, 1.82) is 0 Å². The molecule has 3 rings (SSSR count). The lowest BCUT2D eigenvalue weighted by atomic mass is 10.1. The van der Waals surface area contributed by atoms with Crippen molar-refractivity contribution in [2.45, 2.75) is 44.6 Å². The van der Waals surface area contributed by atoms with E-state index in [1.807, 2.05) is 12.1 Å². The van der Waals surface area contributed by atoms with E-state index in [2.05, 4.69) is 15.6 Å². The topological polar surface area (TPSA) is 72.5 Å². The molecule has 1 aliphatic carbocycles. The highest BCUT2D eigenvalue weighted by molar-refractivity contribution is 6.04. The average Bonchev–Trinajstić information content (AvgIpc) is 2.97. The van der Waals surface area contributed by atoms with Crippen LogP contribution in [0.3, 0.4) is 0 Å². The number of carbonyl (C=O) groups is 1. The molecule has 1 saturated carbocycles. The van der Waals surface area contributed by atoms with Gasteiger partial charge in [-0.05, 0) is 43.2 Å². The molecule has 1 amide bonds. The van der Waals surface area contributed by atoms with Crippen LogP contribution in [-0.2, 0) is 0 Å². The third kappa shape index (κ3) is 5.12. The first kappa shape index (κ1) is 19.0. The van der Waals surface area contributed by atoms with Crippen molar-refractivity contribution in [3.8, 4) is 11.5 Å². The molecule has 2 N–H and O–H groups in total. The minimum absolute atomic E-state index is 0.243. The molecule has 0 atom stereocenters. The molecule has 1 fully saturated rings. The summed E-state index contributed by atoms with van der Waals surface area (Å²) in [4.78, 5) is 16.8. The SMILES string of the molecule is COc1ccc(C(=O)Nc2ccc(NC3CCCCCC3)cn2)cc1OC. The second kappa shape index (κ2) is 9.26. The maximum Gasteiger partial charge on any atom is 0.256 e. The molecule has 1 aromatic heterocycles. The van der Waals surface area contributed by atoms with Crippen LogP contribution in [0.1, 0.15) is 48.9 Å². The van der Waals surface area contributed by atoms with Crippen LogP contribution in [0.4, 0.5) is 11.5 Å². The molecule has 1 aliphatic rings. The van der Waals surface area contributed by atoms with Gasteiger partial charge in [0.2, 0.25) is 0 Å². The molecular formula is C21H27N3O3. The smallest absolute Gasteiger partial charge is 0.256 e. The third-order valence-corrected chi connectivity index (χ3v) is 4.88. The Hall–Kier alpha value is -2.76. The first-order chi connectivity index (χ1) is 13.2. The van der Waals surface area contributed by atoms with Gasteiger partial charge >= 0.3 is 0 Å². The lowest BCUT2D eigenvalue weighted by Gasteiger charge is -2.17. The Bertz CT molecular complexity index is 754. The number of hydrogen-bond donors (Lipinski definition) is 2. The number of nitrogens with zero attached hydrogens (tertiary/aromatic N) is 1. The van der Waals surface area contributed by atoms with E-state index >= 15 is 0 Å². The maximum absolute atomic E-state index is 12.5. The number of hydrogen-bond acceptors (Lipinski definition) is 5. The van der Waals surface area contributed by atoms with Gasteiger partial charge in [0.25, 0.3) is 5.91 Å². The molecule has 0 aliphatic heterocycles. The van der Waals surface area contributed by atoms with Crippen molar-refractivity contribution in [2.75, 3.05) is 24.9 Å². The van der Waals surface area contributed by atoms with Crippen LogP contribution >= 0.6 is 0 Å². The Labute approximate surface area is 160 Å². The molecule has 1 aromatic carbocycles. The molecule has 2 aromatic rings. The van der Waals surface area contributed by atoms with Crippen molar-refractivity contribution < 1.29 is 14.3 Å². The number of rotatable bonds is 6. The van der Waals surface area contributed by atoms with Gasteiger partial charge in [-0.15, -0.1) is 0 Å². The number of methoxy groups -OCH3 is 2. The van der Waals surface area contributed by atoms with Crippen LogP contribution < -0.4 is 20.1 Å². The average molecular weight is 369 g/mol. The highest BCUT2D eigenvalue weighted by Crippen LogP contribution is 2.28. The quantitative estimate of drug-likeness (QED) is 0.734. The van der Waals surface area contributed by atoms with E-state index in [0.29, 0.717) is 28.9 Å². The van der Waals surface area contributed by atoms with Gasteiger partial charge < -0.3 is 20.1 Å². The molecule has 144 valence electrons. The van der Waals surface area contributed by atoms with Crippen LogP contribution in [-0.4, -0.2) is 31.2 Å². The zero-order chi connectivity index (χ0) is 19.1. The van der Waals surface area contributed by atoms with Gasteiger partial charge in [-0.25, -0.2) is 4.98 Å². The Morgan fingerprint density at radius 1 is 1.00 bits per heavy atom. The van der Waals surface area contributed by atoms with Gasteiger partial charge in [0.05, 0.1) is 26.1 Å². The van der Waals surface area contributed by atoms with Crippen molar-refractivity contribution in [2.24, 2.45) is 0 Å². The van der Waals surface area contributed by atoms with E-state index in [-0.39, 0.29) is 5.91 Å². The molecule has 0 saturated heterocycles. The molecule has 0 bridgehead atoms. The van der Waals surface area contributed by atoms with Crippen LogP contribution in [0, 0.1) is 0 Å². The fourth-order valence-corrected chi connectivity index (χ4v) is 3.38. The van der Waals surface area contributed by atoms with E-state index in [4.69, 9.17) is 9.47 Å². The van der Waals surface area contributed by atoms with Crippen LogP contribution in [0.15, 0.2) is 36.5 Å². The highest BCUT2D eigenvalue weighted by atomic mass is 16.5. The summed E-state index contributed by atoms with van der Waals surface area (Å²) < 4.78 is 10.4. The van der Waals surface area contributed by atoms with Crippen LogP contribution in [0.5, 0.6) is 11.5 Å². The summed E-state index contributed by atoms with van der Waals surface area (Å²) in [5.41, 5.74) is 1.47. The van der Waals surface area contributed by atoms with E-state index in [1.165, 1.54) is 38.5 Å². The molecule has 27 heavy (non-hydrogen) atoms. The fraction of sp³-hybridized carbons (Fsp3) is 0.429. The summed E-state index contributed by atoms with van der Waals surface area (Å²) in [7, 11) is 3.10. The number of ether oxygens (including phenoxy) is 2. The first-order valence-electron chi connectivity index (χ1n) is 9.45. The third-order valence-electron chi connectivity index (χ3n) is 4.88. The predicted molar refractivity (Wildman–Crippen MR) is 107 cm³/mol. The summed E-state index contributed by atoms with van der Waals surface area (Å²) >= 11 is 0. The Morgan fingerprint density at radius 2 is 1.74 bits per heavy atom. The summed E-state index contributed by atoms with van der Waals surface area (Å²) in [6, 6.07) is 9.34. The molecule has 0 spiro atoms. The number of pyridine rings is 1. The Balaban J connectivity index is 1.61. The number of amides is 1. The van der Waals surface area contributed by atoms with Crippen molar-refractivity contribution in [3.63, 3.8) is 0 Å². The van der Waals surface area contributed by atoms with Gasteiger partial charge in [0.1, 0.15) is 5.82 Å². The molecular weight excluding hydrogens is 342 g/mol. The van der Waals surface area contributed by atoms with Gasteiger partial charge in [0.15, 0.2) is 11.5 Å². The van der Waals surface area contributed by atoms with Crippen molar-refractivity contribution in [1.82, 2.24) is 4.98 Å².